The first kappa shape index (κ1) is 17.4. The van der Waals surface area contributed by atoms with Gasteiger partial charge in [-0.05, 0) is 36.8 Å². The molecule has 5 heteroatoms. The molecule has 3 aliphatic rings. The number of nitrogens with two attached hydrogens (primary N) is 1. The Kier molecular flexibility index (Phi) is 4.41. The normalized spacial score (nSPS) is 26.3. The van der Waals surface area contributed by atoms with E-state index in [2.05, 4.69) is 0 Å². The van der Waals surface area contributed by atoms with Gasteiger partial charge in [0, 0.05) is 30.3 Å². The van der Waals surface area contributed by atoms with Crippen LogP contribution < -0.4 is 10.5 Å². The van der Waals surface area contributed by atoms with E-state index >= 15 is 0 Å². The van der Waals surface area contributed by atoms with Crippen LogP contribution in [0.2, 0.25) is 0 Å². The molecule has 26 heavy (non-hydrogen) atoms. The molecule has 0 aromatic heterocycles. The number of amides is 1. The zero-order chi connectivity index (χ0) is 17.0. The van der Waals surface area contributed by atoms with Crippen molar-refractivity contribution >= 4 is 18.3 Å². The predicted octanol–water partition coefficient (Wildman–Crippen LogP) is 3.54. The summed E-state index contributed by atoms with van der Waals surface area (Å²) in [5.74, 6) is 2.52. The highest BCUT2D eigenvalue weighted by molar-refractivity contribution is 5.90. The van der Waals surface area contributed by atoms with E-state index in [1.54, 1.807) is 0 Å². The minimum Gasteiger partial charge on any atom is -0.457 e. The summed E-state index contributed by atoms with van der Waals surface area (Å²) in [5.41, 5.74) is 8.19. The van der Waals surface area contributed by atoms with Crippen molar-refractivity contribution in [1.29, 1.82) is 0 Å². The number of benzene rings is 2. The quantitative estimate of drug-likeness (QED) is 0.835. The molecule has 2 fully saturated rings. The maximum Gasteiger partial charge on any atom is 0.234 e. The molecule has 2 aromatic carbocycles. The van der Waals surface area contributed by atoms with Crippen LogP contribution in [-0.4, -0.2) is 29.9 Å². The van der Waals surface area contributed by atoms with Crippen molar-refractivity contribution in [1.82, 2.24) is 4.90 Å². The van der Waals surface area contributed by atoms with E-state index in [0.717, 1.165) is 48.6 Å². The number of fused-ring (bicyclic) bond motifs is 3. The molecule has 3 atom stereocenters. The minimum absolute atomic E-state index is 0. The predicted molar refractivity (Wildman–Crippen MR) is 103 cm³/mol. The monoisotopic (exact) mass is 370 g/mol. The van der Waals surface area contributed by atoms with Crippen LogP contribution in [0.1, 0.15) is 29.9 Å². The SMILES string of the molecule is Cl.NC1CCC2CN(C(=O)C3c4ccccc4Oc4ccccc43)CC12. The molecule has 136 valence electrons. The van der Waals surface area contributed by atoms with Crippen LogP contribution in [0.5, 0.6) is 11.5 Å². The van der Waals surface area contributed by atoms with E-state index in [1.165, 1.54) is 0 Å². The van der Waals surface area contributed by atoms with Crippen LogP contribution in [0.4, 0.5) is 0 Å². The number of para-hydroxylation sites is 2. The molecular weight excluding hydrogens is 348 g/mol. The first-order valence-electron chi connectivity index (χ1n) is 9.12. The van der Waals surface area contributed by atoms with Gasteiger partial charge in [0.05, 0.1) is 5.92 Å². The molecule has 0 bridgehead atoms. The third-order valence-electron chi connectivity index (χ3n) is 6.15. The topological polar surface area (TPSA) is 55.6 Å². The largest absolute Gasteiger partial charge is 0.457 e. The number of halogens is 1. The summed E-state index contributed by atoms with van der Waals surface area (Å²) in [6.45, 7) is 1.64. The Bertz CT molecular complexity index is 795. The molecular formula is C21H23ClN2O2. The number of hydrogen-bond donors (Lipinski definition) is 1. The highest BCUT2D eigenvalue weighted by Gasteiger charge is 2.45. The first-order valence-corrected chi connectivity index (χ1v) is 9.12. The van der Waals surface area contributed by atoms with E-state index in [-0.39, 0.29) is 30.3 Å². The third kappa shape index (κ3) is 2.60. The Morgan fingerprint density at radius 1 is 0.962 bits per heavy atom. The molecule has 2 aromatic rings. The number of carbonyl (C=O) groups is 1. The molecule has 2 heterocycles. The Morgan fingerprint density at radius 3 is 2.19 bits per heavy atom. The lowest BCUT2D eigenvalue weighted by atomic mass is 9.87. The van der Waals surface area contributed by atoms with Crippen molar-refractivity contribution < 1.29 is 9.53 Å². The summed E-state index contributed by atoms with van der Waals surface area (Å²) in [6, 6.07) is 16.0. The van der Waals surface area contributed by atoms with Gasteiger partial charge in [-0.2, -0.15) is 0 Å². The molecule has 1 saturated carbocycles. The highest BCUT2D eigenvalue weighted by atomic mass is 35.5. The first-order chi connectivity index (χ1) is 12.2. The molecule has 0 radical (unpaired) electrons. The second-order valence-electron chi connectivity index (χ2n) is 7.52. The lowest BCUT2D eigenvalue weighted by molar-refractivity contribution is -0.131. The van der Waals surface area contributed by atoms with Crippen LogP contribution in [0.25, 0.3) is 0 Å². The lowest BCUT2D eigenvalue weighted by Gasteiger charge is -2.30. The van der Waals surface area contributed by atoms with Gasteiger partial charge in [0.1, 0.15) is 11.5 Å². The zero-order valence-corrected chi connectivity index (χ0v) is 15.3. The van der Waals surface area contributed by atoms with Crippen LogP contribution in [0.3, 0.4) is 0 Å². The molecule has 1 amide bonds. The number of hydrogen-bond acceptors (Lipinski definition) is 3. The molecule has 1 aliphatic carbocycles. The average molecular weight is 371 g/mol. The van der Waals surface area contributed by atoms with Gasteiger partial charge in [-0.3, -0.25) is 4.79 Å². The Hall–Kier alpha value is -2.04. The molecule has 2 aliphatic heterocycles. The zero-order valence-electron chi connectivity index (χ0n) is 14.5. The van der Waals surface area contributed by atoms with E-state index in [9.17, 15) is 4.79 Å². The fourth-order valence-electron chi connectivity index (χ4n) is 4.85. The minimum atomic E-state index is -0.281. The summed E-state index contributed by atoms with van der Waals surface area (Å²) in [6.07, 6.45) is 2.25. The summed E-state index contributed by atoms with van der Waals surface area (Å²) < 4.78 is 6.02. The average Bonchev–Trinajstić information content (AvgIpc) is 3.21. The van der Waals surface area contributed by atoms with Gasteiger partial charge < -0.3 is 15.4 Å². The molecule has 4 nitrogen and oxygen atoms in total. The van der Waals surface area contributed by atoms with E-state index < -0.39 is 0 Å². The second kappa shape index (κ2) is 6.60. The standard InChI is InChI=1S/C21H22N2O2.ClH/c22-17-10-9-13-11-23(12-16(13)17)21(24)20-14-5-1-3-7-18(14)25-19-8-4-2-6-15(19)20;/h1-8,13,16-17,20H,9-12,22H2;1H. The van der Waals surface area contributed by atoms with Crippen LogP contribution in [-0.2, 0) is 4.79 Å². The Balaban J connectivity index is 0.00000168. The Morgan fingerprint density at radius 2 is 1.58 bits per heavy atom. The maximum atomic E-state index is 13.5. The van der Waals surface area contributed by atoms with Gasteiger partial charge in [-0.1, -0.05) is 36.4 Å². The van der Waals surface area contributed by atoms with Crippen LogP contribution in [0, 0.1) is 11.8 Å². The van der Waals surface area contributed by atoms with Crippen LogP contribution >= 0.6 is 12.4 Å². The molecule has 5 rings (SSSR count). The number of rotatable bonds is 1. The molecule has 2 N–H and O–H groups in total. The summed E-state index contributed by atoms with van der Waals surface area (Å²) in [4.78, 5) is 15.5. The second-order valence-corrected chi connectivity index (χ2v) is 7.52. The molecule has 1 saturated heterocycles. The number of likely N-dealkylation sites (tertiary alicyclic amines) is 1. The van der Waals surface area contributed by atoms with Crippen molar-refractivity contribution in [2.75, 3.05) is 13.1 Å². The van der Waals surface area contributed by atoms with Crippen molar-refractivity contribution in [2.45, 2.75) is 24.8 Å². The van der Waals surface area contributed by atoms with Crippen molar-refractivity contribution in [3.05, 3.63) is 59.7 Å². The fraction of sp³-hybridized carbons (Fsp3) is 0.381. The van der Waals surface area contributed by atoms with Gasteiger partial charge in [0.15, 0.2) is 0 Å². The van der Waals surface area contributed by atoms with Crippen molar-refractivity contribution in [2.24, 2.45) is 17.6 Å². The van der Waals surface area contributed by atoms with Crippen molar-refractivity contribution in [3.8, 4) is 11.5 Å². The molecule has 0 spiro atoms. The van der Waals surface area contributed by atoms with Gasteiger partial charge in [0.25, 0.3) is 0 Å². The fourth-order valence-corrected chi connectivity index (χ4v) is 4.85. The van der Waals surface area contributed by atoms with E-state index in [0.29, 0.717) is 11.8 Å². The lowest BCUT2D eigenvalue weighted by Crippen LogP contribution is -2.37. The van der Waals surface area contributed by atoms with E-state index in [4.69, 9.17) is 10.5 Å². The summed E-state index contributed by atoms with van der Waals surface area (Å²) in [5, 5.41) is 0. The maximum absolute atomic E-state index is 13.5. The van der Waals surface area contributed by atoms with Gasteiger partial charge >= 0.3 is 0 Å². The van der Waals surface area contributed by atoms with Gasteiger partial charge in [-0.15, -0.1) is 12.4 Å². The van der Waals surface area contributed by atoms with Crippen LogP contribution in [0.15, 0.2) is 48.5 Å². The smallest absolute Gasteiger partial charge is 0.234 e. The van der Waals surface area contributed by atoms with E-state index in [1.807, 2.05) is 53.4 Å². The van der Waals surface area contributed by atoms with Crippen molar-refractivity contribution in [3.63, 3.8) is 0 Å². The third-order valence-corrected chi connectivity index (χ3v) is 6.15. The number of ether oxygens (including phenoxy) is 1. The van der Waals surface area contributed by atoms with Gasteiger partial charge in [-0.25, -0.2) is 0 Å². The number of nitrogens with zero attached hydrogens (tertiary/aromatic N) is 1. The highest BCUT2D eigenvalue weighted by Crippen LogP contribution is 2.46. The van der Waals surface area contributed by atoms with Gasteiger partial charge in [0.2, 0.25) is 5.91 Å². The summed E-state index contributed by atoms with van der Waals surface area (Å²) in [7, 11) is 0. The summed E-state index contributed by atoms with van der Waals surface area (Å²) >= 11 is 0. The Labute approximate surface area is 159 Å². The molecule has 3 unspecified atom stereocenters. The number of carbonyl (C=O) groups excluding carboxylic acids is 1.